The first kappa shape index (κ1) is 29.7. The molecule has 0 bridgehead atoms. The molecule has 1 nitrogen and oxygen atoms in total. The molecule has 1 aliphatic heterocycles. The summed E-state index contributed by atoms with van der Waals surface area (Å²) in [6.07, 6.45) is 0. The molecule has 8 aromatic rings. The second kappa shape index (κ2) is 12.9. The predicted molar refractivity (Wildman–Crippen MR) is 214 cm³/mol. The minimum atomic E-state index is 1.08. The Balaban J connectivity index is 1.23. The molecule has 0 unspecified atom stereocenters. The normalized spacial score (nSPS) is 11.5. The van der Waals surface area contributed by atoms with Crippen LogP contribution in [0.1, 0.15) is 0 Å². The van der Waals surface area contributed by atoms with E-state index in [1.165, 1.54) is 77.7 Å². The summed E-state index contributed by atoms with van der Waals surface area (Å²) in [6.45, 7) is 0. The molecule has 8 aromatic carbocycles. The summed E-state index contributed by atoms with van der Waals surface area (Å²) >= 11 is 0. The number of rotatable bonds is 4. The average molecular weight is 635 g/mol. The first-order chi connectivity index (χ1) is 24.8. The van der Waals surface area contributed by atoms with E-state index < -0.39 is 0 Å². The molecule has 0 amide bonds. The molecule has 1 aliphatic rings. The highest BCUT2D eigenvalue weighted by Gasteiger charge is 2.20. The monoisotopic (exact) mass is 634 g/mol. The SMILES string of the molecule is [B]1c2ccccc2-c2cc(-c3ccccc3)ccc2Nc2ccc(-c3ccccc3)cc2-c2ccc(-c3ccc(-c4ccccc4)cc3)cc21. The molecular weight excluding hydrogens is 601 g/mol. The molecule has 0 fully saturated rings. The fraction of sp³-hybridized carbons (Fsp3) is 0. The van der Waals surface area contributed by atoms with Gasteiger partial charge in [0.25, 0.3) is 0 Å². The van der Waals surface area contributed by atoms with Crippen molar-refractivity contribution in [1.29, 1.82) is 0 Å². The summed E-state index contributed by atoms with van der Waals surface area (Å²) < 4.78 is 0. The topological polar surface area (TPSA) is 12.0 Å². The molecule has 233 valence electrons. The first-order valence-electron chi connectivity index (χ1n) is 17.2. The zero-order chi connectivity index (χ0) is 33.3. The molecule has 0 saturated carbocycles. The Morgan fingerprint density at radius 1 is 0.260 bits per heavy atom. The summed E-state index contributed by atoms with van der Waals surface area (Å²) in [5, 5.41) is 3.90. The Bertz CT molecular complexity index is 2450. The van der Waals surface area contributed by atoms with Crippen molar-refractivity contribution in [3.05, 3.63) is 194 Å². The van der Waals surface area contributed by atoms with E-state index in [1.807, 2.05) is 0 Å². The highest BCUT2D eigenvalue weighted by atomic mass is 14.9. The van der Waals surface area contributed by atoms with Crippen molar-refractivity contribution in [2.24, 2.45) is 0 Å². The van der Waals surface area contributed by atoms with Gasteiger partial charge >= 0.3 is 0 Å². The maximum absolute atomic E-state index is 3.90. The van der Waals surface area contributed by atoms with Gasteiger partial charge in [0.15, 0.2) is 7.28 Å². The van der Waals surface area contributed by atoms with Gasteiger partial charge in [-0.05, 0) is 79.9 Å². The Labute approximate surface area is 294 Å². The third kappa shape index (κ3) is 5.72. The molecular formula is C48H33BN. The van der Waals surface area contributed by atoms with Gasteiger partial charge in [-0.2, -0.15) is 0 Å². The number of anilines is 2. The van der Waals surface area contributed by atoms with Crippen molar-refractivity contribution in [3.63, 3.8) is 0 Å². The lowest BCUT2D eigenvalue weighted by Crippen LogP contribution is -2.31. The molecule has 0 spiro atoms. The Kier molecular flexibility index (Phi) is 7.68. The minimum Gasteiger partial charge on any atom is -0.355 e. The van der Waals surface area contributed by atoms with E-state index in [1.54, 1.807) is 0 Å². The van der Waals surface area contributed by atoms with Crippen LogP contribution >= 0.6 is 0 Å². The van der Waals surface area contributed by atoms with E-state index in [0.29, 0.717) is 0 Å². The number of fused-ring (bicyclic) bond motifs is 6. The zero-order valence-electron chi connectivity index (χ0n) is 27.6. The number of hydrogen-bond acceptors (Lipinski definition) is 1. The highest BCUT2D eigenvalue weighted by molar-refractivity contribution is 6.70. The molecule has 1 radical (unpaired) electrons. The van der Waals surface area contributed by atoms with Crippen LogP contribution in [0.3, 0.4) is 0 Å². The van der Waals surface area contributed by atoms with Crippen molar-refractivity contribution in [3.8, 4) is 66.8 Å². The average Bonchev–Trinajstić information content (AvgIpc) is 3.19. The summed E-state index contributed by atoms with van der Waals surface area (Å²) in [4.78, 5) is 0. The van der Waals surface area contributed by atoms with Gasteiger partial charge in [-0.3, -0.25) is 0 Å². The maximum atomic E-state index is 3.90. The summed E-state index contributed by atoms with van der Waals surface area (Å²) in [6, 6.07) is 70.0. The van der Waals surface area contributed by atoms with E-state index in [2.05, 4.69) is 207 Å². The molecule has 0 aromatic heterocycles. The molecule has 0 aliphatic carbocycles. The van der Waals surface area contributed by atoms with Gasteiger partial charge in [0, 0.05) is 22.5 Å². The molecule has 1 N–H and O–H groups in total. The van der Waals surface area contributed by atoms with E-state index >= 15 is 0 Å². The Hall–Kier alpha value is -6.38. The first-order valence-corrected chi connectivity index (χ1v) is 17.2. The second-order valence-electron chi connectivity index (χ2n) is 12.9. The molecule has 1 heterocycles. The number of hydrogen-bond donors (Lipinski definition) is 1. The fourth-order valence-corrected chi connectivity index (χ4v) is 7.15. The summed E-state index contributed by atoms with van der Waals surface area (Å²) in [5.74, 6) is 0. The van der Waals surface area contributed by atoms with E-state index in [0.717, 1.165) is 11.4 Å². The molecule has 9 rings (SSSR count). The van der Waals surface area contributed by atoms with Gasteiger partial charge in [-0.25, -0.2) is 0 Å². The molecule has 0 saturated heterocycles. The quantitative estimate of drug-likeness (QED) is 0.190. The molecule has 50 heavy (non-hydrogen) atoms. The number of benzene rings is 8. The van der Waals surface area contributed by atoms with E-state index in [-0.39, 0.29) is 0 Å². The summed E-state index contributed by atoms with van der Waals surface area (Å²) in [7, 11) is 2.37. The van der Waals surface area contributed by atoms with Crippen molar-refractivity contribution >= 4 is 29.6 Å². The van der Waals surface area contributed by atoms with Crippen LogP contribution in [0.2, 0.25) is 0 Å². The van der Waals surface area contributed by atoms with E-state index in [4.69, 9.17) is 0 Å². The second-order valence-corrected chi connectivity index (χ2v) is 12.9. The van der Waals surface area contributed by atoms with Gasteiger partial charge < -0.3 is 5.32 Å². The van der Waals surface area contributed by atoms with Crippen LogP contribution in [0.5, 0.6) is 0 Å². The Morgan fingerprint density at radius 3 is 1.20 bits per heavy atom. The van der Waals surface area contributed by atoms with Gasteiger partial charge in [0.2, 0.25) is 0 Å². The molecule has 0 atom stereocenters. The lowest BCUT2D eigenvalue weighted by molar-refractivity contribution is 1.51. The predicted octanol–water partition coefficient (Wildman–Crippen LogP) is 11.4. The van der Waals surface area contributed by atoms with Crippen molar-refractivity contribution in [2.75, 3.05) is 5.32 Å². The summed E-state index contributed by atoms with van der Waals surface area (Å²) in [5.41, 5.74) is 18.9. The standard InChI is InChI=1S/C48H33BN/c1-4-12-33(13-5-1)36-20-22-37(23-21-36)40-24-27-42-44-31-39(35-16-8-3-9-17-35)26-29-48(44)50-47-28-25-38(34-14-6-2-7-15-34)30-43(47)41-18-10-11-19-45(41)49-46(42)32-40/h1-32,50H. The smallest absolute Gasteiger partial charge is 0.193 e. The van der Waals surface area contributed by atoms with Crippen LogP contribution in [0.25, 0.3) is 66.8 Å². The van der Waals surface area contributed by atoms with Crippen molar-refractivity contribution < 1.29 is 0 Å². The van der Waals surface area contributed by atoms with Gasteiger partial charge in [0.1, 0.15) is 0 Å². The van der Waals surface area contributed by atoms with Crippen LogP contribution < -0.4 is 16.2 Å². The number of nitrogens with one attached hydrogen (secondary N) is 1. The van der Waals surface area contributed by atoms with Crippen LogP contribution in [-0.4, -0.2) is 7.28 Å². The van der Waals surface area contributed by atoms with Crippen LogP contribution in [0, 0.1) is 0 Å². The third-order valence-electron chi connectivity index (χ3n) is 9.75. The van der Waals surface area contributed by atoms with Crippen molar-refractivity contribution in [2.45, 2.75) is 0 Å². The van der Waals surface area contributed by atoms with Crippen molar-refractivity contribution in [1.82, 2.24) is 0 Å². The lowest BCUT2D eigenvalue weighted by atomic mass is 9.59. The van der Waals surface area contributed by atoms with E-state index in [9.17, 15) is 0 Å². The fourth-order valence-electron chi connectivity index (χ4n) is 7.15. The minimum absolute atomic E-state index is 1.08. The third-order valence-corrected chi connectivity index (χ3v) is 9.75. The zero-order valence-corrected chi connectivity index (χ0v) is 27.6. The highest BCUT2D eigenvalue weighted by Crippen LogP contribution is 2.40. The molecule has 2 heteroatoms. The Morgan fingerprint density at radius 2 is 0.640 bits per heavy atom. The maximum Gasteiger partial charge on any atom is 0.193 e. The van der Waals surface area contributed by atoms with Crippen LogP contribution in [0.4, 0.5) is 11.4 Å². The van der Waals surface area contributed by atoms with Gasteiger partial charge in [0.05, 0.1) is 0 Å². The lowest BCUT2D eigenvalue weighted by Gasteiger charge is -2.23. The van der Waals surface area contributed by atoms with Gasteiger partial charge in [-0.1, -0.05) is 181 Å². The van der Waals surface area contributed by atoms with Crippen LogP contribution in [-0.2, 0) is 0 Å². The largest absolute Gasteiger partial charge is 0.355 e. The van der Waals surface area contributed by atoms with Gasteiger partial charge in [-0.15, -0.1) is 0 Å². The van der Waals surface area contributed by atoms with Crippen LogP contribution in [0.15, 0.2) is 194 Å².